The molecule has 0 radical (unpaired) electrons. The molecule has 6 N–H and O–H groups in total. The van der Waals surface area contributed by atoms with Gasteiger partial charge in [0, 0.05) is 24.5 Å². The molecule has 6 heteroatoms. The van der Waals surface area contributed by atoms with Crippen LogP contribution in [0.1, 0.15) is 59.2 Å². The number of carbonyl (C=O) groups is 2. The molecule has 0 aliphatic carbocycles. The van der Waals surface area contributed by atoms with Crippen molar-refractivity contribution >= 4 is 23.2 Å². The fourth-order valence-electron chi connectivity index (χ4n) is 2.96. The molecule has 0 saturated carbocycles. The van der Waals surface area contributed by atoms with E-state index in [1.54, 1.807) is 24.3 Å². The van der Waals surface area contributed by atoms with Gasteiger partial charge in [0.1, 0.15) is 0 Å². The van der Waals surface area contributed by atoms with Crippen LogP contribution in [0.3, 0.4) is 0 Å². The van der Waals surface area contributed by atoms with Crippen LogP contribution in [0.25, 0.3) is 0 Å². The second-order valence-corrected chi connectivity index (χ2v) is 6.81. The van der Waals surface area contributed by atoms with Crippen LogP contribution in [0.15, 0.2) is 48.5 Å². The van der Waals surface area contributed by atoms with Gasteiger partial charge in [0.2, 0.25) is 0 Å². The average molecular weight is 383 g/mol. The van der Waals surface area contributed by atoms with Gasteiger partial charge in [-0.05, 0) is 37.1 Å². The molecule has 0 heterocycles. The third-order valence-corrected chi connectivity index (χ3v) is 4.59. The van der Waals surface area contributed by atoms with Crippen molar-refractivity contribution in [2.45, 2.75) is 38.5 Å². The topological polar surface area (TPSA) is 110 Å². The highest BCUT2D eigenvalue weighted by Crippen LogP contribution is 2.11. The summed E-state index contributed by atoms with van der Waals surface area (Å²) >= 11 is 0. The molecule has 2 amide bonds. The minimum atomic E-state index is -0.118. The molecule has 0 unspecified atom stereocenters. The lowest BCUT2D eigenvalue weighted by molar-refractivity contribution is 0.0945. The number of hydrogen-bond acceptors (Lipinski definition) is 4. The maximum Gasteiger partial charge on any atom is 0.253 e. The fraction of sp³-hybridized carbons (Fsp3) is 0.364. The number of carbonyl (C=O) groups excluding carboxylic acids is 2. The maximum absolute atomic E-state index is 12.0. The summed E-state index contributed by atoms with van der Waals surface area (Å²) in [6, 6.07) is 14.2. The molecule has 0 saturated heterocycles. The van der Waals surface area contributed by atoms with E-state index in [0.29, 0.717) is 35.6 Å². The normalized spacial score (nSPS) is 10.4. The molecule has 2 rings (SSSR count). The molecular formula is C22H30N4O2. The van der Waals surface area contributed by atoms with E-state index in [1.807, 2.05) is 24.3 Å². The lowest BCUT2D eigenvalue weighted by Crippen LogP contribution is -2.25. The molecule has 2 aromatic rings. The lowest BCUT2D eigenvalue weighted by atomic mass is 10.1. The van der Waals surface area contributed by atoms with Crippen LogP contribution in [0.4, 0.5) is 11.4 Å². The van der Waals surface area contributed by atoms with E-state index in [0.717, 1.165) is 38.5 Å². The zero-order valence-corrected chi connectivity index (χ0v) is 16.2. The minimum Gasteiger partial charge on any atom is -0.398 e. The number of amides is 2. The second-order valence-electron chi connectivity index (χ2n) is 6.81. The number of nitrogens with one attached hydrogen (secondary N) is 2. The largest absolute Gasteiger partial charge is 0.398 e. The van der Waals surface area contributed by atoms with Crippen LogP contribution in [-0.4, -0.2) is 24.9 Å². The summed E-state index contributed by atoms with van der Waals surface area (Å²) in [4.78, 5) is 24.0. The first-order valence-electron chi connectivity index (χ1n) is 9.85. The Morgan fingerprint density at radius 3 is 1.36 bits per heavy atom. The van der Waals surface area contributed by atoms with Crippen LogP contribution >= 0.6 is 0 Å². The fourth-order valence-corrected chi connectivity index (χ4v) is 2.96. The van der Waals surface area contributed by atoms with Gasteiger partial charge in [-0.2, -0.15) is 0 Å². The Balaban J connectivity index is 1.47. The van der Waals surface area contributed by atoms with Crippen molar-refractivity contribution in [3.8, 4) is 0 Å². The molecule has 0 fully saturated rings. The first kappa shape index (κ1) is 21.3. The number of nitrogens with two attached hydrogens (primary N) is 2. The summed E-state index contributed by atoms with van der Waals surface area (Å²) in [6.07, 6.45) is 6.26. The second kappa shape index (κ2) is 11.6. The maximum atomic E-state index is 12.0. The summed E-state index contributed by atoms with van der Waals surface area (Å²) in [5, 5.41) is 5.81. The van der Waals surface area contributed by atoms with E-state index in [-0.39, 0.29) is 11.8 Å². The van der Waals surface area contributed by atoms with Gasteiger partial charge in [-0.15, -0.1) is 0 Å². The van der Waals surface area contributed by atoms with Crippen molar-refractivity contribution in [3.63, 3.8) is 0 Å². The van der Waals surface area contributed by atoms with E-state index >= 15 is 0 Å². The number of para-hydroxylation sites is 2. The number of rotatable bonds is 11. The molecule has 0 aliphatic heterocycles. The molecule has 6 nitrogen and oxygen atoms in total. The number of benzene rings is 2. The monoisotopic (exact) mass is 382 g/mol. The summed E-state index contributed by atoms with van der Waals surface area (Å²) < 4.78 is 0. The Morgan fingerprint density at radius 2 is 0.964 bits per heavy atom. The van der Waals surface area contributed by atoms with Crippen LogP contribution in [0, 0.1) is 0 Å². The standard InChI is InChI=1S/C22H30N4O2/c23-19-13-7-5-11-17(19)21(27)25-15-9-3-1-2-4-10-16-26-22(28)18-12-6-8-14-20(18)24/h5-8,11-14H,1-4,9-10,15-16,23-24H2,(H,25,27)(H,26,28). The minimum absolute atomic E-state index is 0.118. The summed E-state index contributed by atoms with van der Waals surface area (Å²) in [7, 11) is 0. The Hall–Kier alpha value is -3.02. The van der Waals surface area contributed by atoms with Crippen molar-refractivity contribution in [2.24, 2.45) is 0 Å². The van der Waals surface area contributed by atoms with Crippen molar-refractivity contribution in [2.75, 3.05) is 24.6 Å². The van der Waals surface area contributed by atoms with Gasteiger partial charge in [-0.1, -0.05) is 49.9 Å². The summed E-state index contributed by atoms with van der Waals surface area (Å²) in [6.45, 7) is 1.31. The highest BCUT2D eigenvalue weighted by molar-refractivity contribution is 5.99. The van der Waals surface area contributed by atoms with Crippen LogP contribution in [0.2, 0.25) is 0 Å². The summed E-state index contributed by atoms with van der Waals surface area (Å²) in [5.74, 6) is -0.235. The molecule has 28 heavy (non-hydrogen) atoms. The number of hydrogen-bond donors (Lipinski definition) is 4. The van der Waals surface area contributed by atoms with Gasteiger partial charge < -0.3 is 22.1 Å². The van der Waals surface area contributed by atoms with Gasteiger partial charge in [0.25, 0.3) is 11.8 Å². The molecule has 0 aliphatic rings. The van der Waals surface area contributed by atoms with Crippen molar-refractivity contribution < 1.29 is 9.59 Å². The Labute approximate surface area is 166 Å². The molecule has 2 aromatic carbocycles. The SMILES string of the molecule is Nc1ccccc1C(=O)NCCCCCCCCNC(=O)c1ccccc1N. The first-order valence-corrected chi connectivity index (χ1v) is 9.85. The van der Waals surface area contributed by atoms with Gasteiger partial charge in [0.15, 0.2) is 0 Å². The zero-order valence-electron chi connectivity index (χ0n) is 16.2. The first-order chi connectivity index (χ1) is 13.6. The van der Waals surface area contributed by atoms with E-state index in [9.17, 15) is 9.59 Å². The highest BCUT2D eigenvalue weighted by atomic mass is 16.2. The van der Waals surface area contributed by atoms with Crippen LogP contribution in [-0.2, 0) is 0 Å². The Kier molecular flexibility index (Phi) is 8.85. The van der Waals surface area contributed by atoms with Gasteiger partial charge >= 0.3 is 0 Å². The van der Waals surface area contributed by atoms with E-state index < -0.39 is 0 Å². The quantitative estimate of drug-likeness (QED) is 0.353. The Bertz CT molecular complexity index is 711. The van der Waals surface area contributed by atoms with Crippen molar-refractivity contribution in [1.29, 1.82) is 0 Å². The Morgan fingerprint density at radius 1 is 0.607 bits per heavy atom. The van der Waals surface area contributed by atoms with Crippen LogP contribution < -0.4 is 22.1 Å². The van der Waals surface area contributed by atoms with Gasteiger partial charge in [-0.25, -0.2) is 0 Å². The molecule has 0 spiro atoms. The van der Waals surface area contributed by atoms with Crippen molar-refractivity contribution in [1.82, 2.24) is 10.6 Å². The van der Waals surface area contributed by atoms with E-state index in [4.69, 9.17) is 11.5 Å². The number of anilines is 2. The predicted molar refractivity (Wildman–Crippen MR) is 114 cm³/mol. The highest BCUT2D eigenvalue weighted by Gasteiger charge is 2.08. The molecular weight excluding hydrogens is 352 g/mol. The van der Waals surface area contributed by atoms with Crippen molar-refractivity contribution in [3.05, 3.63) is 59.7 Å². The summed E-state index contributed by atoms with van der Waals surface area (Å²) in [5.41, 5.74) is 13.7. The molecule has 0 bridgehead atoms. The zero-order chi connectivity index (χ0) is 20.2. The van der Waals surface area contributed by atoms with Gasteiger partial charge in [0.05, 0.1) is 11.1 Å². The number of nitrogen functional groups attached to an aromatic ring is 2. The predicted octanol–water partition coefficient (Wildman–Crippen LogP) is 3.35. The van der Waals surface area contributed by atoms with E-state index in [2.05, 4.69) is 10.6 Å². The average Bonchev–Trinajstić information content (AvgIpc) is 2.69. The molecule has 0 aromatic heterocycles. The smallest absolute Gasteiger partial charge is 0.253 e. The third-order valence-electron chi connectivity index (χ3n) is 4.59. The van der Waals surface area contributed by atoms with Crippen LogP contribution in [0.5, 0.6) is 0 Å². The van der Waals surface area contributed by atoms with E-state index in [1.165, 1.54) is 0 Å². The number of unbranched alkanes of at least 4 members (excludes halogenated alkanes) is 5. The van der Waals surface area contributed by atoms with Gasteiger partial charge in [-0.3, -0.25) is 9.59 Å². The molecule has 0 atom stereocenters. The third kappa shape index (κ3) is 6.95. The molecule has 150 valence electrons. The lowest BCUT2D eigenvalue weighted by Gasteiger charge is -2.08.